The maximum atomic E-state index is 12.9. The van der Waals surface area contributed by atoms with Gasteiger partial charge in [-0.2, -0.15) is 14.9 Å². The van der Waals surface area contributed by atoms with Crippen molar-refractivity contribution in [2.45, 2.75) is 17.6 Å². The fourth-order valence-electron chi connectivity index (χ4n) is 2.51. The SMILES string of the molecule is COC(=O)c1ccn(CSc2nncn2/N=C\c2ccc(COc3ccc(F)cc3)o2)n1. The monoisotopic (exact) mass is 456 g/mol. The summed E-state index contributed by atoms with van der Waals surface area (Å²) in [5.41, 5.74) is 0.226. The van der Waals surface area contributed by atoms with Crippen LogP contribution in [0.5, 0.6) is 5.75 Å². The van der Waals surface area contributed by atoms with Crippen LogP contribution in [-0.2, 0) is 17.2 Å². The summed E-state index contributed by atoms with van der Waals surface area (Å²) in [5.74, 6) is 1.23. The molecule has 0 fully saturated rings. The number of thioether (sulfide) groups is 1. The molecule has 3 aromatic heterocycles. The second-order valence-corrected chi connectivity index (χ2v) is 7.17. The fraction of sp³-hybridized carbons (Fsp3) is 0.150. The Morgan fingerprint density at radius 3 is 2.91 bits per heavy atom. The highest BCUT2D eigenvalue weighted by Crippen LogP contribution is 2.18. The van der Waals surface area contributed by atoms with Crippen molar-refractivity contribution in [2.75, 3.05) is 7.11 Å². The molecule has 0 aliphatic rings. The molecule has 1 aromatic carbocycles. The van der Waals surface area contributed by atoms with E-state index >= 15 is 0 Å². The third kappa shape index (κ3) is 5.40. The summed E-state index contributed by atoms with van der Waals surface area (Å²) in [6.07, 6.45) is 4.66. The first-order valence-corrected chi connectivity index (χ1v) is 10.3. The molecule has 0 aliphatic carbocycles. The molecule has 4 rings (SSSR count). The van der Waals surface area contributed by atoms with Crippen molar-refractivity contribution in [1.29, 1.82) is 0 Å². The summed E-state index contributed by atoms with van der Waals surface area (Å²) in [4.78, 5) is 11.5. The minimum atomic E-state index is -0.498. The highest BCUT2D eigenvalue weighted by Gasteiger charge is 2.10. The van der Waals surface area contributed by atoms with Gasteiger partial charge in [-0.05, 0) is 42.5 Å². The van der Waals surface area contributed by atoms with E-state index in [0.29, 0.717) is 28.3 Å². The van der Waals surface area contributed by atoms with Crippen LogP contribution in [0.15, 0.2) is 69.7 Å². The fourth-order valence-corrected chi connectivity index (χ4v) is 3.23. The number of aromatic nitrogens is 5. The average Bonchev–Trinajstić information content (AvgIpc) is 3.56. The molecule has 0 spiro atoms. The molecule has 0 unspecified atom stereocenters. The Labute approximate surface area is 185 Å². The van der Waals surface area contributed by atoms with Crippen LogP contribution in [0.2, 0.25) is 0 Å². The molecule has 0 N–H and O–H groups in total. The Hall–Kier alpha value is -3.93. The molecule has 12 heteroatoms. The highest BCUT2D eigenvalue weighted by atomic mass is 32.2. The second kappa shape index (κ2) is 9.92. The van der Waals surface area contributed by atoms with Gasteiger partial charge in [0.1, 0.15) is 36.0 Å². The van der Waals surface area contributed by atoms with Crippen LogP contribution in [-0.4, -0.2) is 43.9 Å². The molecule has 0 amide bonds. The zero-order chi connectivity index (χ0) is 22.3. The van der Waals surface area contributed by atoms with Gasteiger partial charge < -0.3 is 13.9 Å². The lowest BCUT2D eigenvalue weighted by Crippen LogP contribution is -2.04. The van der Waals surface area contributed by atoms with E-state index in [9.17, 15) is 9.18 Å². The Morgan fingerprint density at radius 2 is 2.09 bits per heavy atom. The zero-order valence-electron chi connectivity index (χ0n) is 16.8. The first-order chi connectivity index (χ1) is 15.6. The van der Waals surface area contributed by atoms with Gasteiger partial charge in [-0.15, -0.1) is 10.2 Å². The summed E-state index contributed by atoms with van der Waals surface area (Å²) < 4.78 is 31.9. The van der Waals surface area contributed by atoms with Crippen LogP contribution in [0.3, 0.4) is 0 Å². The highest BCUT2D eigenvalue weighted by molar-refractivity contribution is 7.98. The summed E-state index contributed by atoms with van der Waals surface area (Å²) in [6.45, 7) is 0.199. The number of methoxy groups -OCH3 is 1. The molecule has 0 aliphatic heterocycles. The molecule has 164 valence electrons. The van der Waals surface area contributed by atoms with E-state index in [1.54, 1.807) is 41.2 Å². The van der Waals surface area contributed by atoms with Crippen LogP contribution >= 0.6 is 11.8 Å². The van der Waals surface area contributed by atoms with Crippen molar-refractivity contribution in [3.05, 3.63) is 78.0 Å². The lowest BCUT2D eigenvalue weighted by Gasteiger charge is -2.03. The number of carbonyl (C=O) groups excluding carboxylic acids is 1. The number of hydrogen-bond acceptors (Lipinski definition) is 9. The van der Waals surface area contributed by atoms with Gasteiger partial charge in [0.15, 0.2) is 5.69 Å². The normalized spacial score (nSPS) is 11.2. The van der Waals surface area contributed by atoms with Crippen molar-refractivity contribution in [3.8, 4) is 5.75 Å². The largest absolute Gasteiger partial charge is 0.486 e. The molecular weight excluding hydrogens is 439 g/mol. The van der Waals surface area contributed by atoms with E-state index in [0.717, 1.165) is 0 Å². The van der Waals surface area contributed by atoms with Crippen LogP contribution in [0.1, 0.15) is 22.0 Å². The molecular formula is C20H17FN6O4S. The Morgan fingerprint density at radius 1 is 1.25 bits per heavy atom. The molecule has 0 saturated heterocycles. The van der Waals surface area contributed by atoms with Gasteiger partial charge in [0, 0.05) is 6.20 Å². The Bertz CT molecular complexity index is 1220. The minimum absolute atomic E-state index is 0.199. The van der Waals surface area contributed by atoms with Gasteiger partial charge in [0.25, 0.3) is 0 Å². The summed E-state index contributed by atoms with van der Waals surface area (Å²) >= 11 is 1.33. The van der Waals surface area contributed by atoms with E-state index in [-0.39, 0.29) is 18.1 Å². The van der Waals surface area contributed by atoms with Gasteiger partial charge in [0.05, 0.1) is 19.2 Å². The first kappa shape index (κ1) is 21.3. The summed E-state index contributed by atoms with van der Waals surface area (Å²) in [5, 5.41) is 16.9. The molecule has 0 bridgehead atoms. The predicted octanol–water partition coefficient (Wildman–Crippen LogP) is 3.20. The van der Waals surface area contributed by atoms with Gasteiger partial charge in [-0.3, -0.25) is 4.68 Å². The summed E-state index contributed by atoms with van der Waals surface area (Å²) in [7, 11) is 1.30. The standard InChI is InChI=1S/C20H17FN6O4S/c1-29-19(28)18-8-9-26(25-18)13-32-20-24-22-12-27(20)23-10-16-6-7-17(31-16)11-30-15-4-2-14(21)3-5-15/h2-10,12H,11,13H2,1H3/b23-10-. The number of ether oxygens (including phenoxy) is 2. The van der Waals surface area contributed by atoms with Crippen molar-refractivity contribution in [3.63, 3.8) is 0 Å². The van der Waals surface area contributed by atoms with Crippen LogP contribution in [0.4, 0.5) is 4.39 Å². The molecule has 0 atom stereocenters. The van der Waals surface area contributed by atoms with E-state index in [4.69, 9.17) is 9.15 Å². The smallest absolute Gasteiger partial charge is 0.358 e. The quantitative estimate of drug-likeness (QED) is 0.215. The average molecular weight is 456 g/mol. The van der Waals surface area contributed by atoms with Gasteiger partial charge >= 0.3 is 5.97 Å². The lowest BCUT2D eigenvalue weighted by atomic mass is 10.3. The van der Waals surface area contributed by atoms with Crippen molar-refractivity contribution < 1.29 is 23.1 Å². The van der Waals surface area contributed by atoms with E-state index < -0.39 is 5.97 Å². The number of carbonyl (C=O) groups is 1. The molecule has 4 aromatic rings. The molecule has 0 radical (unpaired) electrons. The molecule has 10 nitrogen and oxygen atoms in total. The Balaban J connectivity index is 1.32. The van der Waals surface area contributed by atoms with E-state index in [1.807, 2.05) is 0 Å². The number of rotatable bonds is 9. The lowest BCUT2D eigenvalue weighted by molar-refractivity contribution is 0.0593. The first-order valence-electron chi connectivity index (χ1n) is 9.27. The minimum Gasteiger partial charge on any atom is -0.486 e. The predicted molar refractivity (Wildman–Crippen MR) is 112 cm³/mol. The van der Waals surface area contributed by atoms with E-state index in [2.05, 4.69) is 25.1 Å². The van der Waals surface area contributed by atoms with Crippen molar-refractivity contribution in [1.82, 2.24) is 24.7 Å². The molecule has 3 heterocycles. The van der Waals surface area contributed by atoms with Crippen LogP contribution in [0.25, 0.3) is 0 Å². The molecule has 32 heavy (non-hydrogen) atoms. The van der Waals surface area contributed by atoms with Crippen LogP contribution < -0.4 is 4.74 Å². The third-order valence-corrected chi connectivity index (χ3v) is 4.97. The summed E-state index contributed by atoms with van der Waals surface area (Å²) in [6, 6.07) is 10.8. The van der Waals surface area contributed by atoms with Gasteiger partial charge in [-0.25, -0.2) is 9.18 Å². The topological polar surface area (TPSA) is 110 Å². The van der Waals surface area contributed by atoms with Crippen molar-refractivity contribution in [2.24, 2.45) is 5.10 Å². The number of hydrogen-bond donors (Lipinski definition) is 0. The van der Waals surface area contributed by atoms with Crippen molar-refractivity contribution >= 4 is 23.9 Å². The number of halogens is 1. The van der Waals surface area contributed by atoms with Gasteiger partial charge in [0.2, 0.25) is 5.16 Å². The van der Waals surface area contributed by atoms with E-state index in [1.165, 1.54) is 48.2 Å². The number of benzene rings is 1. The zero-order valence-corrected chi connectivity index (χ0v) is 17.6. The number of furan rings is 1. The van der Waals surface area contributed by atoms with Gasteiger partial charge in [-0.1, -0.05) is 11.8 Å². The Kier molecular flexibility index (Phi) is 6.60. The second-order valence-electron chi connectivity index (χ2n) is 6.25. The van der Waals surface area contributed by atoms with Crippen LogP contribution in [0, 0.1) is 5.82 Å². The number of esters is 1. The number of nitrogens with zero attached hydrogens (tertiary/aromatic N) is 6. The third-order valence-electron chi connectivity index (χ3n) is 4.05. The molecule has 0 saturated carbocycles. The maximum absolute atomic E-state index is 12.9. The maximum Gasteiger partial charge on any atom is 0.358 e.